The number of aryl methyl sites for hydroxylation is 1. The van der Waals surface area contributed by atoms with Crippen molar-refractivity contribution in [2.75, 3.05) is 5.32 Å². The van der Waals surface area contributed by atoms with E-state index >= 15 is 0 Å². The summed E-state index contributed by atoms with van der Waals surface area (Å²) in [4.78, 5) is 29.7. The molecule has 7 heteroatoms. The van der Waals surface area contributed by atoms with E-state index in [1.54, 1.807) is 29.5 Å². The highest BCUT2D eigenvalue weighted by atomic mass is 35.5. The summed E-state index contributed by atoms with van der Waals surface area (Å²) in [5.41, 5.74) is 0.367. The van der Waals surface area contributed by atoms with Crippen molar-refractivity contribution >= 4 is 46.6 Å². The number of carbonyl (C=O) groups is 2. The summed E-state index contributed by atoms with van der Waals surface area (Å²) in [5, 5.41) is 2.73. The Morgan fingerprint density at radius 2 is 2.17 bits per heavy atom. The number of pyridine rings is 1. The standard InChI is InChI=1S/C16H15ClN2O3S/c1-10-5-6-12(23-10)7-8-14(20)22-11(2)16(21)19-13-4-3-9-18-15(13)17/h3-9,11H,1-2H3,(H,19,21)/b8-7+/t11-/m0/s1. The maximum atomic E-state index is 12.0. The Kier molecular flexibility index (Phi) is 5.90. The largest absolute Gasteiger partial charge is 0.449 e. The van der Waals surface area contributed by atoms with E-state index in [0.29, 0.717) is 5.69 Å². The van der Waals surface area contributed by atoms with Gasteiger partial charge in [0.25, 0.3) is 5.91 Å². The first-order valence-electron chi connectivity index (χ1n) is 6.82. The van der Waals surface area contributed by atoms with Crippen LogP contribution in [0.2, 0.25) is 5.15 Å². The normalized spacial score (nSPS) is 12.1. The van der Waals surface area contributed by atoms with Crippen LogP contribution in [0, 0.1) is 6.92 Å². The number of carbonyl (C=O) groups excluding carboxylic acids is 2. The Bertz CT molecular complexity index is 742. The molecule has 0 saturated heterocycles. The Labute approximate surface area is 143 Å². The molecular weight excluding hydrogens is 336 g/mol. The minimum atomic E-state index is -0.950. The van der Waals surface area contributed by atoms with Gasteiger partial charge in [0.05, 0.1) is 5.69 Å². The Balaban J connectivity index is 1.89. The third-order valence-electron chi connectivity index (χ3n) is 2.82. The molecule has 0 saturated carbocycles. The molecule has 0 aliphatic heterocycles. The van der Waals surface area contributed by atoms with E-state index in [4.69, 9.17) is 16.3 Å². The van der Waals surface area contributed by atoms with Crippen molar-refractivity contribution in [1.29, 1.82) is 0 Å². The number of esters is 1. The number of rotatable bonds is 5. The van der Waals surface area contributed by atoms with Gasteiger partial charge in [-0.25, -0.2) is 9.78 Å². The lowest BCUT2D eigenvalue weighted by Crippen LogP contribution is -2.29. The molecule has 0 spiro atoms. The van der Waals surface area contributed by atoms with Crippen LogP contribution < -0.4 is 5.32 Å². The molecule has 1 atom stereocenters. The third-order valence-corrected chi connectivity index (χ3v) is 4.09. The van der Waals surface area contributed by atoms with E-state index in [2.05, 4.69) is 10.3 Å². The van der Waals surface area contributed by atoms with Gasteiger partial charge in [-0.3, -0.25) is 4.79 Å². The molecule has 0 bridgehead atoms. The first-order valence-corrected chi connectivity index (χ1v) is 8.01. The average Bonchev–Trinajstić information content (AvgIpc) is 2.93. The average molecular weight is 351 g/mol. The highest BCUT2D eigenvalue weighted by Crippen LogP contribution is 2.18. The van der Waals surface area contributed by atoms with Gasteiger partial charge in [-0.2, -0.15) is 0 Å². The summed E-state index contributed by atoms with van der Waals surface area (Å²) in [6.45, 7) is 3.47. The van der Waals surface area contributed by atoms with Crippen LogP contribution in [0.3, 0.4) is 0 Å². The van der Waals surface area contributed by atoms with Gasteiger partial charge < -0.3 is 10.1 Å². The predicted molar refractivity (Wildman–Crippen MR) is 91.5 cm³/mol. The fourth-order valence-corrected chi connectivity index (χ4v) is 2.62. The molecule has 0 fully saturated rings. The SMILES string of the molecule is Cc1ccc(/C=C/C(=O)O[C@@H](C)C(=O)Nc2cccnc2Cl)s1. The lowest BCUT2D eigenvalue weighted by Gasteiger charge is -2.12. The third kappa shape index (κ3) is 5.19. The molecule has 0 radical (unpaired) electrons. The van der Waals surface area contributed by atoms with Gasteiger partial charge in [0, 0.05) is 22.0 Å². The van der Waals surface area contributed by atoms with Gasteiger partial charge in [0.1, 0.15) is 0 Å². The van der Waals surface area contributed by atoms with Gasteiger partial charge in [-0.1, -0.05) is 11.6 Å². The van der Waals surface area contributed by atoms with Crippen LogP contribution in [0.5, 0.6) is 0 Å². The highest BCUT2D eigenvalue weighted by molar-refractivity contribution is 7.12. The first-order chi connectivity index (χ1) is 11.0. The number of thiophene rings is 1. The van der Waals surface area contributed by atoms with Crippen LogP contribution in [-0.2, 0) is 14.3 Å². The van der Waals surface area contributed by atoms with E-state index in [1.807, 2.05) is 19.1 Å². The Morgan fingerprint density at radius 1 is 1.39 bits per heavy atom. The summed E-state index contributed by atoms with van der Waals surface area (Å²) >= 11 is 7.42. The molecule has 2 heterocycles. The Hall–Kier alpha value is -2.18. The van der Waals surface area contributed by atoms with E-state index in [-0.39, 0.29) is 5.15 Å². The molecule has 120 valence electrons. The second-order valence-electron chi connectivity index (χ2n) is 4.69. The van der Waals surface area contributed by atoms with Crippen molar-refractivity contribution in [2.45, 2.75) is 20.0 Å². The molecule has 0 unspecified atom stereocenters. The zero-order valence-electron chi connectivity index (χ0n) is 12.6. The summed E-state index contributed by atoms with van der Waals surface area (Å²) in [6, 6.07) is 7.12. The van der Waals surface area contributed by atoms with E-state index in [0.717, 1.165) is 9.75 Å². The minimum absolute atomic E-state index is 0.173. The summed E-state index contributed by atoms with van der Waals surface area (Å²) < 4.78 is 5.06. The topological polar surface area (TPSA) is 68.3 Å². The van der Waals surface area contributed by atoms with Gasteiger partial charge in [-0.05, 0) is 44.2 Å². The lowest BCUT2D eigenvalue weighted by molar-refractivity contribution is -0.148. The highest BCUT2D eigenvalue weighted by Gasteiger charge is 2.17. The van der Waals surface area contributed by atoms with E-state index < -0.39 is 18.0 Å². The molecule has 0 aromatic carbocycles. The van der Waals surface area contributed by atoms with E-state index in [9.17, 15) is 9.59 Å². The molecule has 0 aliphatic carbocycles. The number of aromatic nitrogens is 1. The molecule has 23 heavy (non-hydrogen) atoms. The minimum Gasteiger partial charge on any atom is -0.449 e. The van der Waals surface area contributed by atoms with Gasteiger partial charge in [0.2, 0.25) is 0 Å². The van der Waals surface area contributed by atoms with Crippen LogP contribution in [0.25, 0.3) is 6.08 Å². The maximum absolute atomic E-state index is 12.0. The van der Waals surface area contributed by atoms with Crippen molar-refractivity contribution < 1.29 is 14.3 Å². The molecule has 5 nitrogen and oxygen atoms in total. The maximum Gasteiger partial charge on any atom is 0.331 e. The van der Waals surface area contributed by atoms with Crippen LogP contribution >= 0.6 is 22.9 Å². The molecule has 2 aromatic heterocycles. The fourth-order valence-electron chi connectivity index (χ4n) is 1.67. The zero-order chi connectivity index (χ0) is 16.8. The number of ether oxygens (including phenoxy) is 1. The molecule has 1 N–H and O–H groups in total. The van der Waals surface area contributed by atoms with Gasteiger partial charge in [0.15, 0.2) is 11.3 Å². The van der Waals surface area contributed by atoms with Crippen LogP contribution in [0.1, 0.15) is 16.7 Å². The van der Waals surface area contributed by atoms with E-state index in [1.165, 1.54) is 19.2 Å². The summed E-state index contributed by atoms with van der Waals surface area (Å²) in [7, 11) is 0. The number of halogens is 1. The van der Waals surface area contributed by atoms with Crippen molar-refractivity contribution in [3.63, 3.8) is 0 Å². The predicted octanol–water partition coefficient (Wildman–Crippen LogP) is 3.69. The first kappa shape index (κ1) is 17.2. The van der Waals surface area contributed by atoms with Crippen molar-refractivity contribution in [1.82, 2.24) is 4.98 Å². The second-order valence-corrected chi connectivity index (χ2v) is 6.37. The Morgan fingerprint density at radius 3 is 2.83 bits per heavy atom. The molecule has 1 amide bonds. The van der Waals surface area contributed by atoms with Gasteiger partial charge >= 0.3 is 5.97 Å². The number of amides is 1. The summed E-state index contributed by atoms with van der Waals surface area (Å²) in [6.07, 6.45) is 3.52. The fraction of sp³-hybridized carbons (Fsp3) is 0.188. The molecule has 2 aromatic rings. The molecular formula is C16H15ClN2O3S. The van der Waals surface area contributed by atoms with Crippen LogP contribution in [0.15, 0.2) is 36.5 Å². The quantitative estimate of drug-likeness (QED) is 0.507. The van der Waals surface area contributed by atoms with Crippen molar-refractivity contribution in [2.24, 2.45) is 0 Å². The van der Waals surface area contributed by atoms with Gasteiger partial charge in [-0.15, -0.1) is 11.3 Å². The van der Waals surface area contributed by atoms with Crippen LogP contribution in [0.4, 0.5) is 5.69 Å². The lowest BCUT2D eigenvalue weighted by atomic mass is 10.3. The monoisotopic (exact) mass is 350 g/mol. The number of hydrogen-bond donors (Lipinski definition) is 1. The second kappa shape index (κ2) is 7.89. The van der Waals surface area contributed by atoms with Crippen LogP contribution in [-0.4, -0.2) is 23.0 Å². The molecule has 0 aliphatic rings. The van der Waals surface area contributed by atoms with Crippen molar-refractivity contribution in [3.8, 4) is 0 Å². The number of nitrogens with one attached hydrogen (secondary N) is 1. The number of nitrogens with zero attached hydrogens (tertiary/aromatic N) is 1. The number of anilines is 1. The van der Waals surface area contributed by atoms with Crippen molar-refractivity contribution in [3.05, 3.63) is 51.4 Å². The zero-order valence-corrected chi connectivity index (χ0v) is 14.1. The smallest absolute Gasteiger partial charge is 0.331 e. The number of hydrogen-bond acceptors (Lipinski definition) is 5. The summed E-state index contributed by atoms with van der Waals surface area (Å²) in [5.74, 6) is -1.07. The molecule has 2 rings (SSSR count).